The lowest BCUT2D eigenvalue weighted by atomic mass is 9.98. The summed E-state index contributed by atoms with van der Waals surface area (Å²) < 4.78 is 0. The zero-order chi connectivity index (χ0) is 18.7. The van der Waals surface area contributed by atoms with E-state index in [9.17, 15) is 4.79 Å². The van der Waals surface area contributed by atoms with Crippen molar-refractivity contribution in [3.8, 4) is 0 Å². The Balaban J connectivity index is 1.89. The lowest BCUT2D eigenvalue weighted by molar-refractivity contribution is -0.110. The molecule has 2 aromatic carbocycles. The van der Waals surface area contributed by atoms with Crippen LogP contribution in [-0.4, -0.2) is 5.78 Å². The van der Waals surface area contributed by atoms with Gasteiger partial charge in [0.25, 0.3) is 0 Å². The third-order valence-corrected chi connectivity index (χ3v) is 4.83. The number of rotatable bonds is 4. The quantitative estimate of drug-likeness (QED) is 0.577. The molecule has 26 heavy (non-hydrogen) atoms. The molecule has 0 amide bonds. The molecule has 0 aromatic heterocycles. The standard InChI is InChI=1S/C25H26O/c1-17(2)21-9-5-19(6-10-21)15-23-13-14-25(26)24(23)16-20-7-11-22(12-8-20)18(3)4/h5-18H,1-4H3. The molecule has 0 unspecified atom stereocenters. The van der Waals surface area contributed by atoms with Gasteiger partial charge >= 0.3 is 0 Å². The molecular formula is C25H26O. The Bertz CT molecular complexity index is 873. The number of benzene rings is 2. The van der Waals surface area contributed by atoms with E-state index in [0.29, 0.717) is 11.8 Å². The minimum Gasteiger partial charge on any atom is -0.289 e. The number of carbonyl (C=O) groups excluding carboxylic acids is 1. The van der Waals surface area contributed by atoms with Gasteiger partial charge in [0, 0.05) is 5.57 Å². The largest absolute Gasteiger partial charge is 0.289 e. The Morgan fingerprint density at radius 3 is 1.58 bits per heavy atom. The summed E-state index contributed by atoms with van der Waals surface area (Å²) in [5.41, 5.74) is 6.54. The van der Waals surface area contributed by atoms with E-state index in [1.807, 2.05) is 12.2 Å². The Hall–Kier alpha value is -2.67. The minimum atomic E-state index is 0.0722. The normalized spacial score (nSPS) is 17.2. The summed E-state index contributed by atoms with van der Waals surface area (Å²) in [5.74, 6) is 1.10. The molecule has 3 rings (SSSR count). The summed E-state index contributed by atoms with van der Waals surface area (Å²) in [6, 6.07) is 17.0. The Morgan fingerprint density at radius 1 is 0.654 bits per heavy atom. The molecule has 0 fully saturated rings. The molecule has 0 spiro atoms. The van der Waals surface area contributed by atoms with E-state index in [0.717, 1.165) is 22.3 Å². The predicted molar refractivity (Wildman–Crippen MR) is 111 cm³/mol. The zero-order valence-electron chi connectivity index (χ0n) is 16.0. The molecule has 0 heterocycles. The second kappa shape index (κ2) is 7.70. The maximum absolute atomic E-state index is 12.3. The van der Waals surface area contributed by atoms with Crippen molar-refractivity contribution in [2.75, 3.05) is 0 Å². The van der Waals surface area contributed by atoms with Gasteiger partial charge < -0.3 is 0 Å². The van der Waals surface area contributed by atoms with Gasteiger partial charge in [-0.1, -0.05) is 82.3 Å². The van der Waals surface area contributed by atoms with Crippen LogP contribution in [0.5, 0.6) is 0 Å². The van der Waals surface area contributed by atoms with Crippen molar-refractivity contribution in [3.63, 3.8) is 0 Å². The summed E-state index contributed by atoms with van der Waals surface area (Å²) in [6.07, 6.45) is 7.64. The van der Waals surface area contributed by atoms with Gasteiger partial charge in [0.1, 0.15) is 0 Å². The molecule has 0 N–H and O–H groups in total. The fourth-order valence-corrected chi connectivity index (χ4v) is 3.07. The van der Waals surface area contributed by atoms with E-state index in [-0.39, 0.29) is 5.78 Å². The average Bonchev–Trinajstić information content (AvgIpc) is 2.96. The number of allylic oxidation sites excluding steroid dienone is 4. The van der Waals surface area contributed by atoms with E-state index in [2.05, 4.69) is 82.3 Å². The van der Waals surface area contributed by atoms with E-state index in [1.165, 1.54) is 11.1 Å². The lowest BCUT2D eigenvalue weighted by Crippen LogP contribution is -1.94. The summed E-state index contributed by atoms with van der Waals surface area (Å²) in [6.45, 7) is 8.75. The predicted octanol–water partition coefficient (Wildman–Crippen LogP) is 6.54. The number of hydrogen-bond acceptors (Lipinski definition) is 1. The molecule has 1 nitrogen and oxygen atoms in total. The van der Waals surface area contributed by atoms with Crippen LogP contribution in [0.3, 0.4) is 0 Å². The molecule has 0 radical (unpaired) electrons. The topological polar surface area (TPSA) is 17.1 Å². The zero-order valence-corrected chi connectivity index (χ0v) is 16.0. The molecule has 2 aromatic rings. The summed E-state index contributed by atoms with van der Waals surface area (Å²) in [7, 11) is 0. The molecule has 1 heteroatoms. The van der Waals surface area contributed by atoms with Gasteiger partial charge in [-0.15, -0.1) is 0 Å². The van der Waals surface area contributed by atoms with Gasteiger partial charge in [0.05, 0.1) is 0 Å². The molecule has 0 saturated heterocycles. The lowest BCUT2D eigenvalue weighted by Gasteiger charge is -2.07. The van der Waals surface area contributed by atoms with Crippen LogP contribution in [0.2, 0.25) is 0 Å². The number of ketones is 1. The smallest absolute Gasteiger partial charge is 0.186 e. The fraction of sp³-hybridized carbons (Fsp3) is 0.240. The van der Waals surface area contributed by atoms with E-state index in [1.54, 1.807) is 6.08 Å². The highest BCUT2D eigenvalue weighted by Gasteiger charge is 2.16. The van der Waals surface area contributed by atoms with Crippen LogP contribution in [0, 0.1) is 0 Å². The van der Waals surface area contributed by atoms with Crippen molar-refractivity contribution in [3.05, 3.63) is 94.1 Å². The van der Waals surface area contributed by atoms with Gasteiger partial charge in [-0.3, -0.25) is 4.79 Å². The van der Waals surface area contributed by atoms with Crippen LogP contribution in [0.25, 0.3) is 12.2 Å². The fourth-order valence-electron chi connectivity index (χ4n) is 3.07. The third-order valence-electron chi connectivity index (χ3n) is 4.83. The Morgan fingerprint density at radius 2 is 1.12 bits per heavy atom. The van der Waals surface area contributed by atoms with Crippen molar-refractivity contribution in [1.82, 2.24) is 0 Å². The SMILES string of the molecule is CC(C)c1ccc(C=C2C=CC(=O)C2=Cc2ccc(C(C)C)cc2)cc1. The first-order valence-corrected chi connectivity index (χ1v) is 9.30. The minimum absolute atomic E-state index is 0.0722. The Labute approximate surface area is 156 Å². The molecule has 0 atom stereocenters. The highest BCUT2D eigenvalue weighted by molar-refractivity contribution is 6.15. The van der Waals surface area contributed by atoms with E-state index in [4.69, 9.17) is 0 Å². The number of carbonyl (C=O) groups is 1. The van der Waals surface area contributed by atoms with Crippen molar-refractivity contribution in [2.45, 2.75) is 39.5 Å². The molecule has 132 valence electrons. The second-order valence-corrected chi connectivity index (χ2v) is 7.50. The maximum atomic E-state index is 12.3. The summed E-state index contributed by atoms with van der Waals surface area (Å²) >= 11 is 0. The van der Waals surface area contributed by atoms with Crippen molar-refractivity contribution < 1.29 is 4.79 Å². The van der Waals surface area contributed by atoms with Gasteiger partial charge in [0.15, 0.2) is 5.78 Å². The summed E-state index contributed by atoms with van der Waals surface area (Å²) in [5, 5.41) is 0. The maximum Gasteiger partial charge on any atom is 0.186 e. The molecule has 0 saturated carbocycles. The van der Waals surface area contributed by atoms with E-state index < -0.39 is 0 Å². The van der Waals surface area contributed by atoms with Crippen LogP contribution >= 0.6 is 0 Å². The Kier molecular flexibility index (Phi) is 5.37. The number of hydrogen-bond donors (Lipinski definition) is 0. The van der Waals surface area contributed by atoms with Crippen LogP contribution < -0.4 is 0 Å². The van der Waals surface area contributed by atoms with Crippen molar-refractivity contribution in [1.29, 1.82) is 0 Å². The van der Waals surface area contributed by atoms with Crippen molar-refractivity contribution in [2.24, 2.45) is 0 Å². The third kappa shape index (κ3) is 4.11. The highest BCUT2D eigenvalue weighted by Crippen LogP contribution is 2.27. The second-order valence-electron chi connectivity index (χ2n) is 7.50. The highest BCUT2D eigenvalue weighted by atomic mass is 16.1. The average molecular weight is 342 g/mol. The first-order chi connectivity index (χ1) is 12.4. The molecule has 0 bridgehead atoms. The van der Waals surface area contributed by atoms with Crippen LogP contribution in [0.1, 0.15) is 61.8 Å². The van der Waals surface area contributed by atoms with Gasteiger partial charge in [0.2, 0.25) is 0 Å². The van der Waals surface area contributed by atoms with Crippen LogP contribution in [-0.2, 0) is 4.79 Å². The molecule has 0 aliphatic heterocycles. The monoisotopic (exact) mass is 342 g/mol. The first kappa shape index (κ1) is 18.1. The van der Waals surface area contributed by atoms with Gasteiger partial charge in [-0.2, -0.15) is 0 Å². The van der Waals surface area contributed by atoms with Gasteiger partial charge in [-0.05, 0) is 57.9 Å². The molecule has 1 aliphatic carbocycles. The van der Waals surface area contributed by atoms with E-state index >= 15 is 0 Å². The van der Waals surface area contributed by atoms with Crippen LogP contribution in [0.15, 0.2) is 71.8 Å². The molecular weight excluding hydrogens is 316 g/mol. The van der Waals surface area contributed by atoms with Gasteiger partial charge in [-0.25, -0.2) is 0 Å². The molecule has 1 aliphatic rings. The summed E-state index contributed by atoms with van der Waals surface area (Å²) in [4.78, 5) is 12.3. The first-order valence-electron chi connectivity index (χ1n) is 9.30. The van der Waals surface area contributed by atoms with Crippen LogP contribution in [0.4, 0.5) is 0 Å². The van der Waals surface area contributed by atoms with Crippen molar-refractivity contribution >= 4 is 17.9 Å².